The van der Waals surface area contributed by atoms with Gasteiger partial charge in [-0.3, -0.25) is 0 Å². The van der Waals surface area contributed by atoms with Crippen molar-refractivity contribution in [1.82, 2.24) is 0 Å². The average molecular weight is 193 g/mol. The van der Waals surface area contributed by atoms with Gasteiger partial charge in [0.25, 0.3) is 0 Å². The minimum Gasteiger partial charge on any atom is -0.239 e. The fourth-order valence-corrected chi connectivity index (χ4v) is 1.09. The molecule has 1 heterocycles. The van der Waals surface area contributed by atoms with Gasteiger partial charge < -0.3 is 0 Å². The van der Waals surface area contributed by atoms with E-state index in [1.807, 2.05) is 0 Å². The Kier molecular flexibility index (Phi) is 2.48. The number of hydrogen-bond donors (Lipinski definition) is 0. The van der Waals surface area contributed by atoms with Crippen molar-refractivity contribution in [2.24, 2.45) is 4.99 Å². The number of alkyl halides is 1. The van der Waals surface area contributed by atoms with Crippen LogP contribution < -0.4 is 0 Å². The van der Waals surface area contributed by atoms with Crippen molar-refractivity contribution in [3.8, 4) is 6.07 Å². The molecule has 58 valence electrons. The minimum absolute atomic E-state index is 0.00796. The summed E-state index contributed by atoms with van der Waals surface area (Å²) in [5.41, 5.74) is 0.142. The van der Waals surface area contributed by atoms with Crippen LogP contribution in [0.4, 0.5) is 4.39 Å². The molecule has 0 aromatic heterocycles. The van der Waals surface area contributed by atoms with E-state index >= 15 is 0 Å². The molecule has 0 aromatic rings. The lowest BCUT2D eigenvalue weighted by Crippen LogP contribution is -2.14. The smallest absolute Gasteiger partial charge is 0.158 e. The number of hydrogen-bond acceptors (Lipinski definition) is 2. The second-order valence-electron chi connectivity index (χ2n) is 1.99. The van der Waals surface area contributed by atoms with Crippen LogP contribution in [0.1, 0.15) is 6.42 Å². The van der Waals surface area contributed by atoms with Crippen molar-refractivity contribution < 1.29 is 4.39 Å². The van der Waals surface area contributed by atoms with Gasteiger partial charge in [0.15, 0.2) is 6.17 Å². The number of rotatable bonds is 0. The van der Waals surface area contributed by atoms with Crippen molar-refractivity contribution in [3.05, 3.63) is 10.7 Å². The summed E-state index contributed by atoms with van der Waals surface area (Å²) >= 11 is 10.8. The zero-order valence-electron chi connectivity index (χ0n) is 5.31. The van der Waals surface area contributed by atoms with E-state index in [4.69, 9.17) is 28.5 Å². The van der Waals surface area contributed by atoms with E-state index in [1.165, 1.54) is 0 Å². The highest BCUT2D eigenvalue weighted by molar-refractivity contribution is 6.67. The molecule has 0 aliphatic carbocycles. The fourth-order valence-electron chi connectivity index (χ4n) is 0.671. The predicted molar refractivity (Wildman–Crippen MR) is 41.3 cm³/mol. The first-order chi connectivity index (χ1) is 5.15. The van der Waals surface area contributed by atoms with Crippen molar-refractivity contribution in [2.45, 2.75) is 12.6 Å². The van der Waals surface area contributed by atoms with Gasteiger partial charge in [0.2, 0.25) is 0 Å². The highest BCUT2D eigenvalue weighted by Gasteiger charge is 2.22. The van der Waals surface area contributed by atoms with Gasteiger partial charge in [0.1, 0.15) is 10.3 Å². The van der Waals surface area contributed by atoms with E-state index in [9.17, 15) is 4.39 Å². The quantitative estimate of drug-likeness (QED) is 0.543. The Labute approximate surface area is 72.9 Å². The van der Waals surface area contributed by atoms with Gasteiger partial charge in [0, 0.05) is 6.42 Å². The lowest BCUT2D eigenvalue weighted by atomic mass is 10.1. The number of allylic oxidation sites excluding steroid dienone is 1. The van der Waals surface area contributed by atoms with Crippen LogP contribution in [0, 0.1) is 11.3 Å². The summed E-state index contributed by atoms with van der Waals surface area (Å²) in [6, 6.07) is 1.75. The first kappa shape index (κ1) is 8.51. The number of aliphatic imine (C=N–C) groups is 1. The van der Waals surface area contributed by atoms with Gasteiger partial charge >= 0.3 is 0 Å². The Morgan fingerprint density at radius 2 is 2.27 bits per heavy atom. The van der Waals surface area contributed by atoms with Crippen LogP contribution in [0.5, 0.6) is 0 Å². The molecule has 0 fully saturated rings. The Morgan fingerprint density at radius 1 is 1.64 bits per heavy atom. The number of nitrogens with zero attached hydrogens (tertiary/aromatic N) is 2. The summed E-state index contributed by atoms with van der Waals surface area (Å²) in [6.45, 7) is 0. The van der Waals surface area contributed by atoms with E-state index in [2.05, 4.69) is 4.99 Å². The lowest BCUT2D eigenvalue weighted by molar-refractivity contribution is 0.424. The maximum Gasteiger partial charge on any atom is 0.158 e. The highest BCUT2D eigenvalue weighted by Crippen LogP contribution is 2.25. The van der Waals surface area contributed by atoms with Crippen LogP contribution in [0.15, 0.2) is 15.7 Å². The number of halogens is 3. The Morgan fingerprint density at radius 3 is 2.82 bits per heavy atom. The molecule has 0 radical (unpaired) electrons. The molecule has 5 heteroatoms. The normalized spacial score (nSPS) is 24.5. The molecule has 0 bridgehead atoms. The molecule has 0 saturated carbocycles. The Balaban J connectivity index is 2.99. The molecule has 0 aromatic carbocycles. The minimum atomic E-state index is -1.38. The van der Waals surface area contributed by atoms with Crippen molar-refractivity contribution in [1.29, 1.82) is 5.26 Å². The second-order valence-corrected chi connectivity index (χ2v) is 2.73. The van der Waals surface area contributed by atoms with Crippen LogP contribution in [-0.2, 0) is 0 Å². The summed E-state index contributed by atoms with van der Waals surface area (Å²) < 4.78 is 12.7. The van der Waals surface area contributed by atoms with E-state index in [1.54, 1.807) is 6.07 Å². The lowest BCUT2D eigenvalue weighted by Gasteiger charge is -2.10. The summed E-state index contributed by atoms with van der Waals surface area (Å²) in [4.78, 5) is 3.45. The third-order valence-corrected chi connectivity index (χ3v) is 1.86. The van der Waals surface area contributed by atoms with Crippen molar-refractivity contribution in [2.75, 3.05) is 0 Å². The summed E-state index contributed by atoms with van der Waals surface area (Å²) in [7, 11) is 0. The van der Waals surface area contributed by atoms with Crippen LogP contribution in [-0.4, -0.2) is 11.3 Å². The molecule has 0 amide bonds. The zero-order valence-corrected chi connectivity index (χ0v) is 6.82. The molecule has 1 rings (SSSR count). The molecule has 11 heavy (non-hydrogen) atoms. The van der Waals surface area contributed by atoms with E-state index in [0.29, 0.717) is 0 Å². The maximum atomic E-state index is 12.7. The standard InChI is InChI=1S/C6H3Cl2FN2/c7-5-3(2-10)1-4(9)6(8)11-5/h4H,1H2. The summed E-state index contributed by atoms with van der Waals surface area (Å²) in [5, 5.41) is 8.20. The van der Waals surface area contributed by atoms with Crippen LogP contribution in [0.2, 0.25) is 0 Å². The maximum absolute atomic E-state index is 12.7. The van der Waals surface area contributed by atoms with Crippen molar-refractivity contribution in [3.63, 3.8) is 0 Å². The summed E-state index contributed by atoms with van der Waals surface area (Å²) in [5.74, 6) is 0. The largest absolute Gasteiger partial charge is 0.239 e. The van der Waals surface area contributed by atoms with E-state index < -0.39 is 6.17 Å². The molecule has 1 aliphatic rings. The van der Waals surface area contributed by atoms with Gasteiger partial charge in [-0.05, 0) is 0 Å². The van der Waals surface area contributed by atoms with Gasteiger partial charge in [-0.1, -0.05) is 23.2 Å². The molecule has 1 unspecified atom stereocenters. The molecule has 0 saturated heterocycles. The van der Waals surface area contributed by atoms with Gasteiger partial charge in [-0.2, -0.15) is 5.26 Å². The molecular weight excluding hydrogens is 190 g/mol. The molecule has 0 N–H and O–H groups in total. The molecule has 1 atom stereocenters. The SMILES string of the molecule is N#CC1=C(Cl)N=C(Cl)C(F)C1. The zero-order chi connectivity index (χ0) is 8.43. The van der Waals surface area contributed by atoms with E-state index in [0.717, 1.165) is 0 Å². The van der Waals surface area contributed by atoms with Gasteiger partial charge in [-0.25, -0.2) is 9.38 Å². The first-order valence-corrected chi connectivity index (χ1v) is 3.57. The van der Waals surface area contributed by atoms with E-state index in [-0.39, 0.29) is 22.3 Å². The number of nitriles is 1. The monoisotopic (exact) mass is 192 g/mol. The molecule has 0 spiro atoms. The molecule has 2 nitrogen and oxygen atoms in total. The topological polar surface area (TPSA) is 36.1 Å². The van der Waals surface area contributed by atoms with Gasteiger partial charge in [-0.15, -0.1) is 0 Å². The highest BCUT2D eigenvalue weighted by atomic mass is 35.5. The van der Waals surface area contributed by atoms with Crippen LogP contribution >= 0.6 is 23.2 Å². The van der Waals surface area contributed by atoms with Gasteiger partial charge in [0.05, 0.1) is 11.6 Å². The molecule has 1 aliphatic heterocycles. The Hall–Kier alpha value is -0.590. The second kappa shape index (κ2) is 3.21. The third kappa shape index (κ3) is 1.70. The van der Waals surface area contributed by atoms with Crippen LogP contribution in [0.3, 0.4) is 0 Å². The Bertz CT molecular complexity index is 277. The fraction of sp³-hybridized carbons (Fsp3) is 0.333. The van der Waals surface area contributed by atoms with Crippen LogP contribution in [0.25, 0.3) is 0 Å². The average Bonchev–Trinajstić information content (AvgIpc) is 1.97. The molecular formula is C6H3Cl2FN2. The van der Waals surface area contributed by atoms with Crippen molar-refractivity contribution >= 4 is 28.4 Å². The third-order valence-electron chi connectivity index (χ3n) is 1.23. The predicted octanol–water partition coefficient (Wildman–Crippen LogP) is 2.34. The summed E-state index contributed by atoms with van der Waals surface area (Å²) in [6.07, 6.45) is -1.45. The first-order valence-electron chi connectivity index (χ1n) is 2.82.